The normalized spacial score (nSPS) is 25.3. The monoisotopic (exact) mass is 143 g/mol. The molecule has 1 rings (SSSR count). The second-order valence-electron chi connectivity index (χ2n) is 3.60. The topological polar surface area (TPSA) is 3.24 Å². The van der Waals surface area contributed by atoms with Crippen molar-refractivity contribution in [2.24, 2.45) is 0 Å². The van der Waals surface area contributed by atoms with Gasteiger partial charge < -0.3 is 4.57 Å². The zero-order valence-electron chi connectivity index (χ0n) is 6.78. The molecule has 0 spiro atoms. The van der Waals surface area contributed by atoms with Crippen LogP contribution in [0.3, 0.4) is 0 Å². The first-order valence-electron chi connectivity index (χ1n) is 3.83. The van der Waals surface area contributed by atoms with Gasteiger partial charge in [0, 0.05) is 0 Å². The summed E-state index contributed by atoms with van der Waals surface area (Å²) in [5.74, 6) is 0. The van der Waals surface area contributed by atoms with E-state index in [2.05, 4.69) is 25.2 Å². The van der Waals surface area contributed by atoms with Crippen molar-refractivity contribution in [1.82, 2.24) is 4.57 Å². The summed E-state index contributed by atoms with van der Waals surface area (Å²) in [7, 11) is 3.66. The Hall–Kier alpha value is 0.177. The third-order valence-electron chi connectivity index (χ3n) is 2.76. The quantitative estimate of drug-likeness (QED) is 0.507. The third-order valence-corrected chi connectivity index (χ3v) is 7.78. The van der Waals surface area contributed by atoms with Crippen LogP contribution in [-0.4, -0.2) is 26.9 Å². The van der Waals surface area contributed by atoms with Gasteiger partial charge in [-0.15, -0.1) is 0 Å². The Kier molecular flexibility index (Phi) is 1.96. The lowest BCUT2D eigenvalue weighted by Gasteiger charge is -2.29. The SMILES string of the molecule is CN(C)[Si]1(C)CCCC1. The third kappa shape index (κ3) is 1.35. The minimum absolute atomic E-state index is 0.830. The molecular formula is C7H17NSi. The molecule has 1 aliphatic heterocycles. The van der Waals surface area contributed by atoms with Gasteiger partial charge in [-0.2, -0.15) is 0 Å². The van der Waals surface area contributed by atoms with Crippen LogP contribution in [0.4, 0.5) is 0 Å². The first-order chi connectivity index (χ1) is 4.15. The van der Waals surface area contributed by atoms with E-state index in [1.54, 1.807) is 0 Å². The number of hydrogen-bond donors (Lipinski definition) is 0. The van der Waals surface area contributed by atoms with Gasteiger partial charge in [-0.3, -0.25) is 0 Å². The molecule has 1 aliphatic rings. The van der Waals surface area contributed by atoms with Crippen molar-refractivity contribution in [2.75, 3.05) is 14.1 Å². The molecule has 0 N–H and O–H groups in total. The van der Waals surface area contributed by atoms with Crippen LogP contribution in [0, 0.1) is 0 Å². The van der Waals surface area contributed by atoms with E-state index in [-0.39, 0.29) is 0 Å². The molecule has 0 aromatic heterocycles. The fourth-order valence-corrected chi connectivity index (χ4v) is 4.75. The zero-order chi connectivity index (χ0) is 6.91. The molecule has 0 radical (unpaired) electrons. The van der Waals surface area contributed by atoms with Crippen LogP contribution in [0.15, 0.2) is 0 Å². The van der Waals surface area contributed by atoms with Crippen molar-refractivity contribution < 1.29 is 0 Å². The summed E-state index contributed by atoms with van der Waals surface area (Å²) in [6, 6.07) is 3.06. The number of nitrogens with zero attached hydrogens (tertiary/aromatic N) is 1. The molecule has 0 saturated carbocycles. The van der Waals surface area contributed by atoms with E-state index in [9.17, 15) is 0 Å². The summed E-state index contributed by atoms with van der Waals surface area (Å²) in [5.41, 5.74) is 0. The highest BCUT2D eigenvalue weighted by molar-refractivity contribution is 6.76. The molecule has 0 aromatic rings. The molecule has 0 bridgehead atoms. The Morgan fingerprint density at radius 2 is 1.56 bits per heavy atom. The molecule has 1 fully saturated rings. The smallest absolute Gasteiger partial charge is 0.124 e. The van der Waals surface area contributed by atoms with Gasteiger partial charge in [0.2, 0.25) is 0 Å². The molecule has 1 heterocycles. The van der Waals surface area contributed by atoms with Gasteiger partial charge in [-0.05, 0) is 26.2 Å². The largest absolute Gasteiger partial charge is 0.329 e. The maximum atomic E-state index is 2.50. The number of rotatable bonds is 1. The predicted molar refractivity (Wildman–Crippen MR) is 44.2 cm³/mol. The van der Waals surface area contributed by atoms with Crippen LogP contribution < -0.4 is 0 Å². The Morgan fingerprint density at radius 1 is 1.11 bits per heavy atom. The number of hydrogen-bond acceptors (Lipinski definition) is 1. The predicted octanol–water partition coefficient (Wildman–Crippen LogP) is 1.92. The van der Waals surface area contributed by atoms with Crippen LogP contribution in [0.5, 0.6) is 0 Å². The summed E-state index contributed by atoms with van der Waals surface area (Å²) in [4.78, 5) is 0. The summed E-state index contributed by atoms with van der Waals surface area (Å²) >= 11 is 0. The van der Waals surface area contributed by atoms with Gasteiger partial charge in [-0.25, -0.2) is 0 Å². The lowest BCUT2D eigenvalue weighted by atomic mass is 10.4. The van der Waals surface area contributed by atoms with Gasteiger partial charge in [0.15, 0.2) is 0 Å². The molecule has 0 unspecified atom stereocenters. The minimum atomic E-state index is -0.830. The molecule has 54 valence electrons. The van der Waals surface area contributed by atoms with E-state index in [1.807, 2.05) is 0 Å². The average Bonchev–Trinajstić information content (AvgIpc) is 2.16. The summed E-state index contributed by atoms with van der Waals surface area (Å²) in [5, 5.41) is 0. The molecule has 0 atom stereocenters. The highest BCUT2D eigenvalue weighted by Crippen LogP contribution is 2.30. The lowest BCUT2D eigenvalue weighted by Crippen LogP contribution is -2.43. The standard InChI is InChI=1S/C7H17NSi/c1-8(2)9(3)6-4-5-7-9/h4-7H2,1-3H3. The Balaban J connectivity index is 2.51. The van der Waals surface area contributed by atoms with Gasteiger partial charge in [0.25, 0.3) is 0 Å². The van der Waals surface area contributed by atoms with E-state index >= 15 is 0 Å². The molecule has 0 amide bonds. The van der Waals surface area contributed by atoms with Crippen LogP contribution in [0.1, 0.15) is 12.8 Å². The van der Waals surface area contributed by atoms with E-state index in [0.29, 0.717) is 0 Å². The summed E-state index contributed by atoms with van der Waals surface area (Å²) in [6.45, 7) is 2.50. The van der Waals surface area contributed by atoms with Crippen LogP contribution in [-0.2, 0) is 0 Å². The Morgan fingerprint density at radius 3 is 1.78 bits per heavy atom. The molecular weight excluding hydrogens is 126 g/mol. The Bertz CT molecular complexity index is 95.1. The van der Waals surface area contributed by atoms with Gasteiger partial charge in [-0.1, -0.05) is 19.4 Å². The second-order valence-corrected chi connectivity index (χ2v) is 8.49. The van der Waals surface area contributed by atoms with Crippen molar-refractivity contribution in [3.63, 3.8) is 0 Å². The van der Waals surface area contributed by atoms with E-state index in [4.69, 9.17) is 0 Å². The second kappa shape index (κ2) is 2.43. The van der Waals surface area contributed by atoms with E-state index in [1.165, 1.54) is 24.9 Å². The zero-order valence-corrected chi connectivity index (χ0v) is 7.78. The molecule has 9 heavy (non-hydrogen) atoms. The lowest BCUT2D eigenvalue weighted by molar-refractivity contribution is 0.618. The summed E-state index contributed by atoms with van der Waals surface area (Å²) in [6.07, 6.45) is 2.97. The Labute approximate surface area is 59.1 Å². The fraction of sp³-hybridized carbons (Fsp3) is 1.00. The average molecular weight is 143 g/mol. The molecule has 0 aromatic carbocycles. The first kappa shape index (κ1) is 7.29. The van der Waals surface area contributed by atoms with Gasteiger partial charge in [0.1, 0.15) is 8.24 Å². The van der Waals surface area contributed by atoms with Crippen molar-refractivity contribution in [3.05, 3.63) is 0 Å². The van der Waals surface area contributed by atoms with Gasteiger partial charge in [0.05, 0.1) is 0 Å². The van der Waals surface area contributed by atoms with Crippen LogP contribution in [0.2, 0.25) is 18.6 Å². The van der Waals surface area contributed by atoms with E-state index in [0.717, 1.165) is 0 Å². The first-order valence-corrected chi connectivity index (χ1v) is 6.69. The summed E-state index contributed by atoms with van der Waals surface area (Å²) < 4.78 is 2.50. The van der Waals surface area contributed by atoms with Crippen molar-refractivity contribution in [1.29, 1.82) is 0 Å². The highest BCUT2D eigenvalue weighted by Gasteiger charge is 2.33. The molecule has 1 nitrogen and oxygen atoms in total. The molecule has 2 heteroatoms. The molecule has 0 aliphatic carbocycles. The maximum absolute atomic E-state index is 2.50. The molecule has 1 saturated heterocycles. The van der Waals surface area contributed by atoms with Gasteiger partial charge >= 0.3 is 0 Å². The van der Waals surface area contributed by atoms with Crippen molar-refractivity contribution in [3.8, 4) is 0 Å². The minimum Gasteiger partial charge on any atom is -0.329 e. The maximum Gasteiger partial charge on any atom is 0.124 e. The fourth-order valence-electron chi connectivity index (χ4n) is 1.58. The van der Waals surface area contributed by atoms with Crippen molar-refractivity contribution in [2.45, 2.75) is 31.5 Å². The van der Waals surface area contributed by atoms with Crippen molar-refractivity contribution >= 4 is 8.24 Å². The van der Waals surface area contributed by atoms with Crippen LogP contribution in [0.25, 0.3) is 0 Å². The van der Waals surface area contributed by atoms with Crippen LogP contribution >= 0.6 is 0 Å². The van der Waals surface area contributed by atoms with E-state index < -0.39 is 8.24 Å². The highest BCUT2D eigenvalue weighted by atomic mass is 28.3.